The molecule has 58 valence electrons. The van der Waals surface area contributed by atoms with Crippen molar-refractivity contribution in [1.82, 2.24) is 0 Å². The average Bonchev–Trinajstić information content (AvgIpc) is 1.97. The highest BCUT2D eigenvalue weighted by atomic mass is 35.5. The first kappa shape index (κ1) is 8.01. The van der Waals surface area contributed by atoms with Gasteiger partial charge in [-0.25, -0.2) is 4.39 Å². The maximum atomic E-state index is 12.7. The van der Waals surface area contributed by atoms with E-state index in [1.165, 1.54) is 6.07 Å². The van der Waals surface area contributed by atoms with Gasteiger partial charge in [-0.15, -0.1) is 0 Å². The monoisotopic (exact) mass is 173 g/mol. The van der Waals surface area contributed by atoms with Gasteiger partial charge in [0.25, 0.3) is 0 Å². The summed E-state index contributed by atoms with van der Waals surface area (Å²) in [5.74, 6) is -0.651. The zero-order valence-corrected chi connectivity index (χ0v) is 6.23. The summed E-state index contributed by atoms with van der Waals surface area (Å²) in [4.78, 5) is 10.2. The molecule has 1 aromatic carbocycles. The van der Waals surface area contributed by atoms with Crippen LogP contribution < -0.4 is 5.73 Å². The number of nitrogens with two attached hydrogens (primary N) is 1. The summed E-state index contributed by atoms with van der Waals surface area (Å²) in [7, 11) is 0. The van der Waals surface area contributed by atoms with Crippen molar-refractivity contribution in [2.75, 3.05) is 5.73 Å². The highest BCUT2D eigenvalue weighted by molar-refractivity contribution is 6.33. The molecule has 0 heterocycles. The summed E-state index contributed by atoms with van der Waals surface area (Å²) >= 11 is 5.51. The molecule has 2 nitrogen and oxygen atoms in total. The van der Waals surface area contributed by atoms with Crippen LogP contribution in [0.15, 0.2) is 12.1 Å². The summed E-state index contributed by atoms with van der Waals surface area (Å²) in [5.41, 5.74) is 5.31. The van der Waals surface area contributed by atoms with Gasteiger partial charge in [-0.1, -0.05) is 11.6 Å². The maximum absolute atomic E-state index is 12.7. The zero-order chi connectivity index (χ0) is 8.43. The zero-order valence-electron chi connectivity index (χ0n) is 5.47. The molecule has 4 heteroatoms. The first-order valence-corrected chi connectivity index (χ1v) is 3.22. The Labute approximate surface area is 67.8 Å². The van der Waals surface area contributed by atoms with Crippen LogP contribution in [0.3, 0.4) is 0 Å². The van der Waals surface area contributed by atoms with Crippen LogP contribution >= 0.6 is 11.6 Å². The lowest BCUT2D eigenvalue weighted by molar-refractivity contribution is 0.112. The first-order chi connectivity index (χ1) is 5.15. The predicted molar refractivity (Wildman–Crippen MR) is 41.2 cm³/mol. The van der Waals surface area contributed by atoms with E-state index in [0.29, 0.717) is 6.29 Å². The maximum Gasteiger partial charge on any atom is 0.153 e. The third-order valence-corrected chi connectivity index (χ3v) is 1.57. The number of halogens is 2. The van der Waals surface area contributed by atoms with Gasteiger partial charge in [-0.2, -0.15) is 0 Å². The normalized spacial score (nSPS) is 9.64. The Balaban J connectivity index is 3.31. The smallest absolute Gasteiger partial charge is 0.153 e. The minimum Gasteiger partial charge on any atom is -0.397 e. The molecule has 0 bridgehead atoms. The van der Waals surface area contributed by atoms with Gasteiger partial charge in [0.15, 0.2) is 6.29 Å². The quantitative estimate of drug-likeness (QED) is 0.521. The second kappa shape index (κ2) is 2.88. The molecule has 11 heavy (non-hydrogen) atoms. The number of rotatable bonds is 1. The third kappa shape index (κ3) is 1.49. The fourth-order valence-corrected chi connectivity index (χ4v) is 0.840. The lowest BCUT2D eigenvalue weighted by Crippen LogP contribution is -1.92. The second-order valence-corrected chi connectivity index (χ2v) is 2.42. The van der Waals surface area contributed by atoms with E-state index in [2.05, 4.69) is 0 Å². The summed E-state index contributed by atoms with van der Waals surface area (Å²) in [6.07, 6.45) is 0.390. The molecule has 0 aliphatic rings. The Hall–Kier alpha value is -1.09. The fraction of sp³-hybridized carbons (Fsp3) is 0. The van der Waals surface area contributed by atoms with E-state index in [1.54, 1.807) is 0 Å². The van der Waals surface area contributed by atoms with Crippen molar-refractivity contribution < 1.29 is 9.18 Å². The number of benzene rings is 1. The number of anilines is 1. The molecule has 0 aliphatic heterocycles. The van der Waals surface area contributed by atoms with Crippen molar-refractivity contribution in [3.63, 3.8) is 0 Å². The van der Waals surface area contributed by atoms with Crippen molar-refractivity contribution in [3.8, 4) is 0 Å². The van der Waals surface area contributed by atoms with Crippen LogP contribution in [0.5, 0.6) is 0 Å². The number of aldehydes is 1. The van der Waals surface area contributed by atoms with Gasteiger partial charge in [0, 0.05) is 0 Å². The highest BCUT2D eigenvalue weighted by Gasteiger charge is 2.04. The molecule has 0 aliphatic carbocycles. The Bertz CT molecular complexity index is 301. The third-order valence-electron chi connectivity index (χ3n) is 1.24. The van der Waals surface area contributed by atoms with Crippen LogP contribution in [0.4, 0.5) is 10.1 Å². The summed E-state index contributed by atoms with van der Waals surface area (Å²) in [5, 5.41) is 0.188. The Morgan fingerprint density at radius 1 is 1.55 bits per heavy atom. The second-order valence-electron chi connectivity index (χ2n) is 2.01. The van der Waals surface area contributed by atoms with Crippen LogP contribution in [0, 0.1) is 5.82 Å². The minimum atomic E-state index is -0.651. The molecule has 0 saturated heterocycles. The number of carbonyl (C=O) groups is 1. The number of hydrogen-bond donors (Lipinski definition) is 1. The largest absolute Gasteiger partial charge is 0.397 e. The minimum absolute atomic E-state index is 0.0794. The summed E-state index contributed by atoms with van der Waals surface area (Å²) in [6.45, 7) is 0. The Morgan fingerprint density at radius 2 is 2.18 bits per heavy atom. The molecule has 2 N–H and O–H groups in total. The molecule has 0 saturated carbocycles. The molecule has 1 rings (SSSR count). The standard InChI is InChI=1S/C7H5ClFNO/c8-5-1-4(3-11)6(9)2-7(5)10/h1-3H,10H2. The summed E-state index contributed by atoms with van der Waals surface area (Å²) < 4.78 is 12.7. The molecular formula is C7H5ClFNO. The SMILES string of the molecule is Nc1cc(F)c(C=O)cc1Cl. The van der Waals surface area contributed by atoms with Crippen molar-refractivity contribution >= 4 is 23.6 Å². The van der Waals surface area contributed by atoms with Gasteiger partial charge < -0.3 is 5.73 Å². The van der Waals surface area contributed by atoms with Crippen LogP contribution in [-0.2, 0) is 0 Å². The fourth-order valence-electron chi connectivity index (χ4n) is 0.668. The van der Waals surface area contributed by atoms with Gasteiger partial charge in [0.1, 0.15) is 5.82 Å². The lowest BCUT2D eigenvalue weighted by atomic mass is 10.2. The molecule has 0 spiro atoms. The topological polar surface area (TPSA) is 43.1 Å². The van der Waals surface area contributed by atoms with E-state index >= 15 is 0 Å². The molecule has 0 aromatic heterocycles. The van der Waals surface area contributed by atoms with Crippen LogP contribution in [-0.4, -0.2) is 6.29 Å². The van der Waals surface area contributed by atoms with Crippen LogP contribution in [0.25, 0.3) is 0 Å². The van der Waals surface area contributed by atoms with Gasteiger partial charge in [0.05, 0.1) is 16.3 Å². The Morgan fingerprint density at radius 3 is 2.73 bits per heavy atom. The highest BCUT2D eigenvalue weighted by Crippen LogP contribution is 2.21. The van der Waals surface area contributed by atoms with Crippen LogP contribution in [0.2, 0.25) is 5.02 Å². The number of carbonyl (C=O) groups excluding carboxylic acids is 1. The van der Waals surface area contributed by atoms with E-state index in [9.17, 15) is 9.18 Å². The Kier molecular flexibility index (Phi) is 2.10. The first-order valence-electron chi connectivity index (χ1n) is 2.85. The molecule has 0 amide bonds. The average molecular weight is 174 g/mol. The van der Waals surface area contributed by atoms with E-state index in [4.69, 9.17) is 17.3 Å². The van der Waals surface area contributed by atoms with E-state index in [0.717, 1.165) is 6.07 Å². The molecule has 0 radical (unpaired) electrons. The molecule has 0 fully saturated rings. The van der Waals surface area contributed by atoms with Crippen LogP contribution in [0.1, 0.15) is 10.4 Å². The number of hydrogen-bond acceptors (Lipinski definition) is 2. The van der Waals surface area contributed by atoms with E-state index in [-0.39, 0.29) is 16.3 Å². The van der Waals surface area contributed by atoms with Crippen molar-refractivity contribution in [2.24, 2.45) is 0 Å². The molecule has 0 atom stereocenters. The molecule has 1 aromatic rings. The van der Waals surface area contributed by atoms with Gasteiger partial charge in [0.2, 0.25) is 0 Å². The van der Waals surface area contributed by atoms with Crippen molar-refractivity contribution in [3.05, 3.63) is 28.5 Å². The lowest BCUT2D eigenvalue weighted by Gasteiger charge is -1.98. The van der Waals surface area contributed by atoms with Gasteiger partial charge in [-0.3, -0.25) is 4.79 Å². The molecular weight excluding hydrogens is 169 g/mol. The van der Waals surface area contributed by atoms with Gasteiger partial charge >= 0.3 is 0 Å². The summed E-state index contributed by atoms with van der Waals surface area (Å²) in [6, 6.07) is 2.21. The van der Waals surface area contributed by atoms with E-state index < -0.39 is 5.82 Å². The van der Waals surface area contributed by atoms with Crippen molar-refractivity contribution in [1.29, 1.82) is 0 Å². The number of nitrogen functional groups attached to an aromatic ring is 1. The van der Waals surface area contributed by atoms with E-state index in [1.807, 2.05) is 0 Å². The van der Waals surface area contributed by atoms with Gasteiger partial charge in [-0.05, 0) is 12.1 Å². The molecule has 0 unspecified atom stereocenters. The van der Waals surface area contributed by atoms with Crippen molar-refractivity contribution in [2.45, 2.75) is 0 Å². The predicted octanol–water partition coefficient (Wildman–Crippen LogP) is 1.87.